The van der Waals surface area contributed by atoms with Gasteiger partial charge in [-0.25, -0.2) is 0 Å². The van der Waals surface area contributed by atoms with Crippen LogP contribution in [0.2, 0.25) is 0 Å². The Kier molecular flexibility index (Phi) is 12.0. The zero-order chi connectivity index (χ0) is 49.9. The maximum atomic E-state index is 2.42. The minimum absolute atomic E-state index is 1.07. The molecule has 0 atom stereocenters. The molecule has 0 aliphatic heterocycles. The van der Waals surface area contributed by atoms with Crippen molar-refractivity contribution in [2.75, 3.05) is 4.90 Å². The summed E-state index contributed by atoms with van der Waals surface area (Å²) in [6.07, 6.45) is 0. The predicted octanol–water partition coefficient (Wildman–Crippen LogP) is 20.8. The van der Waals surface area contributed by atoms with E-state index in [2.05, 4.69) is 314 Å². The molecule has 0 spiro atoms. The Morgan fingerprint density at radius 1 is 0.160 bits per heavy atom. The van der Waals surface area contributed by atoms with E-state index in [1.165, 1.54) is 93.9 Å². The summed E-state index contributed by atoms with van der Waals surface area (Å²) in [6.45, 7) is 0. The molecule has 13 aromatic carbocycles. The van der Waals surface area contributed by atoms with Crippen molar-refractivity contribution in [3.8, 4) is 89.0 Å². The second-order valence-electron chi connectivity index (χ2n) is 19.2. The third-order valence-electron chi connectivity index (χ3n) is 14.7. The molecule has 1 heteroatoms. The van der Waals surface area contributed by atoms with E-state index in [1.54, 1.807) is 0 Å². The van der Waals surface area contributed by atoms with Gasteiger partial charge in [0.1, 0.15) is 0 Å². The van der Waals surface area contributed by atoms with Crippen LogP contribution in [0.3, 0.4) is 0 Å². The molecule has 0 saturated heterocycles. The lowest BCUT2D eigenvalue weighted by Gasteiger charge is -2.26. The summed E-state index contributed by atoms with van der Waals surface area (Å²) in [5, 5.41) is 4.97. The van der Waals surface area contributed by atoms with Gasteiger partial charge < -0.3 is 4.90 Å². The van der Waals surface area contributed by atoms with E-state index < -0.39 is 0 Å². The summed E-state index contributed by atoms with van der Waals surface area (Å²) in [5.41, 5.74) is 22.4. The third kappa shape index (κ3) is 8.88. The molecule has 0 aliphatic rings. The van der Waals surface area contributed by atoms with E-state index >= 15 is 0 Å². The van der Waals surface area contributed by atoms with Gasteiger partial charge in [0.2, 0.25) is 0 Å². The normalized spacial score (nSPS) is 11.2. The van der Waals surface area contributed by atoms with Crippen molar-refractivity contribution in [2.24, 2.45) is 0 Å². The maximum absolute atomic E-state index is 2.42. The number of hydrogen-bond donors (Lipinski definition) is 0. The van der Waals surface area contributed by atoms with Crippen molar-refractivity contribution in [2.45, 2.75) is 0 Å². The van der Waals surface area contributed by atoms with Gasteiger partial charge in [-0.2, -0.15) is 0 Å². The first-order chi connectivity index (χ1) is 37.2. The van der Waals surface area contributed by atoms with Crippen LogP contribution in [0.1, 0.15) is 0 Å². The highest BCUT2D eigenvalue weighted by Gasteiger charge is 2.20. The highest BCUT2D eigenvalue weighted by Crippen LogP contribution is 2.47. The fourth-order valence-electron chi connectivity index (χ4n) is 11.0. The van der Waals surface area contributed by atoms with Crippen LogP contribution in [0.4, 0.5) is 17.1 Å². The Balaban J connectivity index is 0.924. The minimum Gasteiger partial charge on any atom is -0.310 e. The van der Waals surface area contributed by atoms with E-state index in [0.717, 1.165) is 33.8 Å². The summed E-state index contributed by atoms with van der Waals surface area (Å²) >= 11 is 0. The Hall–Kier alpha value is -9.82. The Labute approximate surface area is 439 Å². The van der Waals surface area contributed by atoms with Gasteiger partial charge in [-0.3, -0.25) is 0 Å². The molecule has 352 valence electrons. The molecule has 1 nitrogen and oxygen atoms in total. The second kappa shape index (κ2) is 20.0. The number of fused-ring (bicyclic) bond motifs is 3. The van der Waals surface area contributed by atoms with Crippen molar-refractivity contribution < 1.29 is 0 Å². The van der Waals surface area contributed by atoms with Crippen LogP contribution >= 0.6 is 0 Å². The quantitative estimate of drug-likeness (QED) is 0.117. The molecular formula is C74H51N. The molecule has 0 aliphatic carbocycles. The molecule has 0 fully saturated rings. The predicted molar refractivity (Wildman–Crippen MR) is 320 cm³/mol. The number of hydrogen-bond acceptors (Lipinski definition) is 1. The van der Waals surface area contributed by atoms with E-state index in [9.17, 15) is 0 Å². The molecule has 0 amide bonds. The van der Waals surface area contributed by atoms with Crippen molar-refractivity contribution in [1.82, 2.24) is 0 Å². The van der Waals surface area contributed by atoms with Crippen LogP contribution in [-0.4, -0.2) is 0 Å². The molecular weight excluding hydrogens is 903 g/mol. The van der Waals surface area contributed by atoms with Crippen LogP contribution in [0.15, 0.2) is 309 Å². The minimum atomic E-state index is 1.07. The summed E-state index contributed by atoms with van der Waals surface area (Å²) in [4.78, 5) is 2.39. The number of anilines is 3. The van der Waals surface area contributed by atoms with Gasteiger partial charge in [0.05, 0.1) is 0 Å². The second-order valence-corrected chi connectivity index (χ2v) is 19.2. The summed E-state index contributed by atoms with van der Waals surface area (Å²) in [5.74, 6) is 0. The van der Waals surface area contributed by atoms with Crippen LogP contribution in [0.5, 0.6) is 0 Å². The number of nitrogens with zero attached hydrogens (tertiary/aromatic N) is 1. The van der Waals surface area contributed by atoms with Gasteiger partial charge in [-0.15, -0.1) is 0 Å². The lowest BCUT2D eigenvalue weighted by Crippen LogP contribution is -2.10. The van der Waals surface area contributed by atoms with Crippen LogP contribution < -0.4 is 4.90 Å². The molecule has 0 unspecified atom stereocenters. The molecule has 0 heterocycles. The molecule has 0 bridgehead atoms. The Morgan fingerprint density at radius 2 is 0.507 bits per heavy atom. The third-order valence-corrected chi connectivity index (χ3v) is 14.7. The maximum Gasteiger partial charge on any atom is 0.0467 e. The van der Waals surface area contributed by atoms with Gasteiger partial charge in [-0.05, 0) is 159 Å². The van der Waals surface area contributed by atoms with Crippen LogP contribution in [-0.2, 0) is 0 Å². The summed E-state index contributed by atoms with van der Waals surface area (Å²) < 4.78 is 0. The average Bonchev–Trinajstić information content (AvgIpc) is 3.50. The van der Waals surface area contributed by atoms with Gasteiger partial charge >= 0.3 is 0 Å². The SMILES string of the molecule is c1ccc(-c2ccc(-c3ccc(N(c4ccc(-c5ccc(-c6ccccc6)c(-c6ccccc6)c5)cc4)c4cccc(-c5ccc6c(c5)c(-c5ccccc5)c(-c5ccccc5)c5ccccc56)c4)cc3)cc2)cc1. The topological polar surface area (TPSA) is 3.24 Å². The molecule has 13 rings (SSSR count). The van der Waals surface area contributed by atoms with Gasteiger partial charge in [0.15, 0.2) is 0 Å². The smallest absolute Gasteiger partial charge is 0.0467 e. The zero-order valence-corrected chi connectivity index (χ0v) is 41.4. The standard InChI is InChI=1S/C74H51N/c1-6-19-52(20-7-1)53-33-35-54(36-34-53)55-37-43-64(44-38-55)75(65-45-39-56(40-46-65)62-41-47-67(57-21-8-2-9-22-57)71(50-62)58-23-10-3-11-24-58)66-30-18-29-61(49-66)63-42-48-69-68-31-16-17-32-70(68)73(59-25-12-4-13-26-59)74(72(69)51-63)60-27-14-5-15-28-60/h1-51H. The largest absolute Gasteiger partial charge is 0.310 e. The van der Waals surface area contributed by atoms with Gasteiger partial charge in [-0.1, -0.05) is 261 Å². The van der Waals surface area contributed by atoms with Crippen molar-refractivity contribution in [1.29, 1.82) is 0 Å². The van der Waals surface area contributed by atoms with E-state index in [1.807, 2.05) is 0 Å². The first-order valence-electron chi connectivity index (χ1n) is 25.8. The van der Waals surface area contributed by atoms with Gasteiger partial charge in [0, 0.05) is 17.1 Å². The zero-order valence-electron chi connectivity index (χ0n) is 41.4. The molecule has 0 N–H and O–H groups in total. The summed E-state index contributed by atoms with van der Waals surface area (Å²) in [7, 11) is 0. The van der Waals surface area contributed by atoms with Crippen molar-refractivity contribution in [3.63, 3.8) is 0 Å². The van der Waals surface area contributed by atoms with Crippen molar-refractivity contribution in [3.05, 3.63) is 309 Å². The highest BCUT2D eigenvalue weighted by atomic mass is 15.1. The molecule has 0 radical (unpaired) electrons. The number of rotatable bonds is 11. The Bertz CT molecular complexity index is 4090. The van der Waals surface area contributed by atoms with Crippen LogP contribution in [0.25, 0.3) is 111 Å². The van der Waals surface area contributed by atoms with E-state index in [-0.39, 0.29) is 0 Å². The Morgan fingerprint density at radius 3 is 1.05 bits per heavy atom. The van der Waals surface area contributed by atoms with Crippen LogP contribution in [0, 0.1) is 0 Å². The molecule has 0 saturated carbocycles. The number of benzene rings is 13. The highest BCUT2D eigenvalue weighted by molar-refractivity contribution is 6.22. The first-order valence-corrected chi connectivity index (χ1v) is 25.8. The molecule has 0 aromatic heterocycles. The molecule has 13 aromatic rings. The van der Waals surface area contributed by atoms with Gasteiger partial charge in [0.25, 0.3) is 0 Å². The fourth-order valence-corrected chi connectivity index (χ4v) is 11.0. The molecule has 75 heavy (non-hydrogen) atoms. The van der Waals surface area contributed by atoms with E-state index in [4.69, 9.17) is 0 Å². The monoisotopic (exact) mass is 953 g/mol. The van der Waals surface area contributed by atoms with E-state index in [0.29, 0.717) is 0 Å². The lowest BCUT2D eigenvalue weighted by molar-refractivity contribution is 1.28. The lowest BCUT2D eigenvalue weighted by atomic mass is 9.84. The van der Waals surface area contributed by atoms with Crippen molar-refractivity contribution >= 4 is 38.6 Å². The average molecular weight is 954 g/mol. The summed E-state index contributed by atoms with van der Waals surface area (Å²) in [6, 6.07) is 113. The fraction of sp³-hybridized carbons (Fsp3) is 0. The first kappa shape index (κ1) is 45.1.